The van der Waals surface area contributed by atoms with E-state index in [0.717, 1.165) is 32.5 Å². The highest BCUT2D eigenvalue weighted by Gasteiger charge is 2.11. The van der Waals surface area contributed by atoms with Crippen LogP contribution in [0.2, 0.25) is 0 Å². The highest BCUT2D eigenvalue weighted by atomic mass is 16.1. The van der Waals surface area contributed by atoms with E-state index >= 15 is 0 Å². The summed E-state index contributed by atoms with van der Waals surface area (Å²) in [5.74, 6) is 0.659. The topological polar surface area (TPSA) is 40.6 Å². The molecule has 1 fully saturated rings. The summed E-state index contributed by atoms with van der Waals surface area (Å²) in [5, 5.41) is 0. The highest BCUT2D eigenvalue weighted by molar-refractivity contribution is 5.90. The summed E-state index contributed by atoms with van der Waals surface area (Å²) < 4.78 is 0. The second-order valence-electron chi connectivity index (χ2n) is 4.35. The zero-order chi connectivity index (χ0) is 16.0. The van der Waals surface area contributed by atoms with Gasteiger partial charge in [0.1, 0.15) is 5.78 Å². The van der Waals surface area contributed by atoms with E-state index in [1.54, 1.807) is 6.08 Å². The van der Waals surface area contributed by atoms with Crippen molar-refractivity contribution in [1.29, 1.82) is 0 Å². The van der Waals surface area contributed by atoms with Gasteiger partial charge in [-0.05, 0) is 13.1 Å². The maximum absolute atomic E-state index is 10.6. The average Bonchev–Trinajstić information content (AvgIpc) is 2.50. The molecular weight excluding hydrogens is 252 g/mol. The molecule has 0 aromatic rings. The van der Waals surface area contributed by atoms with Gasteiger partial charge >= 0.3 is 0 Å². The monoisotopic (exact) mass is 284 g/mol. The third-order valence-electron chi connectivity index (χ3n) is 2.77. The lowest BCUT2D eigenvalue weighted by Crippen LogP contribution is -2.29. The summed E-state index contributed by atoms with van der Waals surface area (Å²) in [6, 6.07) is 0. The van der Waals surface area contributed by atoms with E-state index in [0.29, 0.717) is 12.2 Å². The van der Waals surface area contributed by atoms with Gasteiger partial charge in [-0.3, -0.25) is 9.59 Å². The summed E-state index contributed by atoms with van der Waals surface area (Å²) >= 11 is 0. The Morgan fingerprint density at radius 2 is 1.35 bits per heavy atom. The Morgan fingerprint density at radius 1 is 0.850 bits per heavy atom. The molecule has 0 saturated carbocycles. The van der Waals surface area contributed by atoms with E-state index in [4.69, 9.17) is 0 Å². The SMILES string of the molecule is CC.CC.CN1C=CC(=O)CC1.CN1CCC(=O)CC1. The number of carbonyl (C=O) groups is 2. The number of hydrogen-bond donors (Lipinski definition) is 0. The molecule has 4 heteroatoms. The molecule has 2 rings (SSSR count). The van der Waals surface area contributed by atoms with Gasteiger partial charge in [0.15, 0.2) is 5.78 Å². The number of likely N-dealkylation sites (tertiary alicyclic amines) is 1. The third kappa shape index (κ3) is 11.9. The summed E-state index contributed by atoms with van der Waals surface area (Å²) in [4.78, 5) is 25.3. The molecule has 2 aliphatic heterocycles. The van der Waals surface area contributed by atoms with Crippen LogP contribution in [0.5, 0.6) is 0 Å². The first-order valence-electron chi connectivity index (χ1n) is 7.69. The van der Waals surface area contributed by atoms with Gasteiger partial charge in [0.2, 0.25) is 0 Å². The van der Waals surface area contributed by atoms with Crippen LogP contribution < -0.4 is 0 Å². The molecule has 118 valence electrons. The maximum Gasteiger partial charge on any atom is 0.158 e. The molecule has 4 nitrogen and oxygen atoms in total. The molecule has 1 saturated heterocycles. The van der Waals surface area contributed by atoms with Crippen LogP contribution in [0.3, 0.4) is 0 Å². The van der Waals surface area contributed by atoms with Crippen molar-refractivity contribution >= 4 is 11.6 Å². The van der Waals surface area contributed by atoms with Crippen molar-refractivity contribution in [3.8, 4) is 0 Å². The minimum atomic E-state index is 0.239. The van der Waals surface area contributed by atoms with Crippen LogP contribution in [0, 0.1) is 0 Å². The Bertz CT molecular complexity index is 278. The molecule has 2 heterocycles. The maximum atomic E-state index is 10.6. The van der Waals surface area contributed by atoms with E-state index in [2.05, 4.69) is 4.90 Å². The molecule has 0 aliphatic carbocycles. The predicted molar refractivity (Wildman–Crippen MR) is 85.8 cm³/mol. The smallest absolute Gasteiger partial charge is 0.158 e. The van der Waals surface area contributed by atoms with Crippen molar-refractivity contribution in [2.75, 3.05) is 33.7 Å². The first-order valence-corrected chi connectivity index (χ1v) is 7.69. The van der Waals surface area contributed by atoms with Gasteiger partial charge in [-0.2, -0.15) is 0 Å². The van der Waals surface area contributed by atoms with Gasteiger partial charge in [-0.1, -0.05) is 27.7 Å². The molecule has 0 radical (unpaired) electrons. The largest absolute Gasteiger partial charge is 0.380 e. The van der Waals surface area contributed by atoms with Crippen LogP contribution in [0.25, 0.3) is 0 Å². The molecule has 0 spiro atoms. The number of hydrogen-bond acceptors (Lipinski definition) is 4. The molecular formula is C16H32N2O2. The first-order chi connectivity index (χ1) is 9.58. The molecule has 20 heavy (non-hydrogen) atoms. The quantitative estimate of drug-likeness (QED) is 0.686. The molecule has 0 amide bonds. The van der Waals surface area contributed by atoms with Crippen molar-refractivity contribution in [2.24, 2.45) is 0 Å². The lowest BCUT2D eigenvalue weighted by Gasteiger charge is -2.19. The van der Waals surface area contributed by atoms with Crippen LogP contribution in [0.15, 0.2) is 12.3 Å². The van der Waals surface area contributed by atoms with Gasteiger partial charge < -0.3 is 9.80 Å². The molecule has 0 unspecified atom stereocenters. The lowest BCUT2D eigenvalue weighted by atomic mass is 10.1. The number of piperidine rings is 1. The molecule has 0 aromatic carbocycles. The van der Waals surface area contributed by atoms with Crippen molar-refractivity contribution in [3.63, 3.8) is 0 Å². The fourth-order valence-corrected chi connectivity index (χ4v) is 1.52. The van der Waals surface area contributed by atoms with Crippen molar-refractivity contribution < 1.29 is 9.59 Å². The Hall–Kier alpha value is -1.16. The van der Waals surface area contributed by atoms with Gasteiger partial charge in [-0.25, -0.2) is 0 Å². The lowest BCUT2D eigenvalue weighted by molar-refractivity contribution is -0.121. The predicted octanol–water partition coefficient (Wildman–Crippen LogP) is 2.74. The summed E-state index contributed by atoms with van der Waals surface area (Å²) in [6.45, 7) is 10.8. The number of nitrogens with zero attached hydrogens (tertiary/aromatic N) is 2. The second-order valence-corrected chi connectivity index (χ2v) is 4.35. The van der Waals surface area contributed by atoms with E-state index in [-0.39, 0.29) is 5.78 Å². The van der Waals surface area contributed by atoms with Gasteiger partial charge in [0, 0.05) is 52.1 Å². The molecule has 0 aromatic heterocycles. The molecule has 0 bridgehead atoms. The standard InChI is InChI=1S/C6H11NO.C6H9NO.2C2H6/c2*1-7-4-2-6(8)3-5-7;2*1-2/h2-5H2,1H3;2,4H,3,5H2,1H3;2*1-2H3. The van der Waals surface area contributed by atoms with Crippen molar-refractivity contribution in [1.82, 2.24) is 9.80 Å². The minimum Gasteiger partial charge on any atom is -0.380 e. The van der Waals surface area contributed by atoms with E-state index in [9.17, 15) is 9.59 Å². The Morgan fingerprint density at radius 3 is 1.65 bits per heavy atom. The Labute approximate surface area is 124 Å². The highest BCUT2D eigenvalue weighted by Crippen LogP contribution is 2.01. The fourth-order valence-electron chi connectivity index (χ4n) is 1.52. The van der Waals surface area contributed by atoms with Crippen LogP contribution in [-0.4, -0.2) is 55.1 Å². The number of carbonyl (C=O) groups excluding carboxylic acids is 2. The number of allylic oxidation sites excluding steroid dienone is 1. The first kappa shape index (κ1) is 21.1. The van der Waals surface area contributed by atoms with Crippen LogP contribution in [0.1, 0.15) is 47.0 Å². The van der Waals surface area contributed by atoms with E-state index < -0.39 is 0 Å². The van der Waals surface area contributed by atoms with Crippen LogP contribution >= 0.6 is 0 Å². The van der Waals surface area contributed by atoms with Crippen LogP contribution in [-0.2, 0) is 9.59 Å². The summed E-state index contributed by atoms with van der Waals surface area (Å²) in [5.41, 5.74) is 0. The summed E-state index contributed by atoms with van der Waals surface area (Å²) in [6.07, 6.45) is 5.62. The average molecular weight is 284 g/mol. The Kier molecular flexibility index (Phi) is 15.1. The summed E-state index contributed by atoms with van der Waals surface area (Å²) in [7, 11) is 4.01. The normalized spacial score (nSPS) is 18.0. The van der Waals surface area contributed by atoms with Gasteiger partial charge in [0.25, 0.3) is 0 Å². The fraction of sp³-hybridized carbons (Fsp3) is 0.750. The molecule has 2 aliphatic rings. The van der Waals surface area contributed by atoms with E-state index in [1.807, 2.05) is 52.9 Å². The van der Waals surface area contributed by atoms with Gasteiger partial charge in [0.05, 0.1) is 0 Å². The van der Waals surface area contributed by atoms with Crippen LogP contribution in [0.4, 0.5) is 0 Å². The molecule has 0 N–H and O–H groups in total. The zero-order valence-corrected chi connectivity index (χ0v) is 14.1. The van der Waals surface area contributed by atoms with E-state index in [1.165, 1.54) is 0 Å². The van der Waals surface area contributed by atoms with Gasteiger partial charge in [-0.15, -0.1) is 0 Å². The minimum absolute atomic E-state index is 0.239. The number of rotatable bonds is 0. The Balaban J connectivity index is 0. The number of ketones is 2. The molecule has 0 atom stereocenters. The van der Waals surface area contributed by atoms with Crippen molar-refractivity contribution in [3.05, 3.63) is 12.3 Å². The second kappa shape index (κ2) is 14.3. The zero-order valence-electron chi connectivity index (χ0n) is 14.1. The van der Waals surface area contributed by atoms with Crippen molar-refractivity contribution in [2.45, 2.75) is 47.0 Å². The third-order valence-corrected chi connectivity index (χ3v) is 2.77. The number of Topliss-reactive ketones (excluding diaryl/α,β-unsaturated/α-hetero) is 1.